The number of aromatic carboxylic acids is 1. The molecular weight excluding hydrogens is 272 g/mol. The number of aromatic nitrogens is 2. The summed E-state index contributed by atoms with van der Waals surface area (Å²) >= 11 is 6.24. The molecule has 1 aliphatic rings. The number of carbonyl (C=O) groups is 1. The molecule has 1 aliphatic heterocycles. The number of carboxylic acid groups (broad SMARTS) is 1. The molecule has 0 fully saturated rings. The standard InChI is InChI=1S/C12H9ClN2O4/c13-10-6(7-5-8(12(16)17)15-14-7)1-2-9-11(10)19-4-3-18-9/h1-2,5H,3-4H2,(H,14,15)(H,16,17). The van der Waals surface area contributed by atoms with Crippen LogP contribution in [0, 0.1) is 0 Å². The number of ether oxygens (including phenoxy) is 2. The molecule has 6 nitrogen and oxygen atoms in total. The molecule has 2 N–H and O–H groups in total. The molecule has 0 aliphatic carbocycles. The van der Waals surface area contributed by atoms with Gasteiger partial charge in [0, 0.05) is 5.56 Å². The molecule has 0 atom stereocenters. The minimum absolute atomic E-state index is 0.000885. The molecule has 1 aromatic heterocycles. The van der Waals surface area contributed by atoms with Crippen molar-refractivity contribution in [3.63, 3.8) is 0 Å². The predicted octanol–water partition coefficient (Wildman–Crippen LogP) is 2.20. The molecule has 19 heavy (non-hydrogen) atoms. The number of nitrogens with zero attached hydrogens (tertiary/aromatic N) is 1. The number of carboxylic acids is 1. The summed E-state index contributed by atoms with van der Waals surface area (Å²) in [7, 11) is 0. The van der Waals surface area contributed by atoms with Crippen LogP contribution in [0.3, 0.4) is 0 Å². The van der Waals surface area contributed by atoms with Crippen LogP contribution in [0.4, 0.5) is 0 Å². The Bertz CT molecular complexity index is 653. The third-order valence-electron chi connectivity index (χ3n) is 2.73. The van der Waals surface area contributed by atoms with Crippen molar-refractivity contribution in [2.75, 3.05) is 13.2 Å². The van der Waals surface area contributed by atoms with E-state index in [0.717, 1.165) is 0 Å². The van der Waals surface area contributed by atoms with Crippen molar-refractivity contribution in [1.29, 1.82) is 0 Å². The zero-order valence-electron chi connectivity index (χ0n) is 9.64. The largest absolute Gasteiger partial charge is 0.486 e. The zero-order chi connectivity index (χ0) is 13.4. The lowest BCUT2D eigenvalue weighted by molar-refractivity contribution is 0.0690. The van der Waals surface area contributed by atoms with Crippen LogP contribution in [-0.2, 0) is 0 Å². The molecule has 0 unspecified atom stereocenters. The average Bonchev–Trinajstić information content (AvgIpc) is 2.89. The Morgan fingerprint density at radius 2 is 2.16 bits per heavy atom. The van der Waals surface area contributed by atoms with E-state index >= 15 is 0 Å². The Hall–Kier alpha value is -2.21. The third-order valence-corrected chi connectivity index (χ3v) is 3.11. The van der Waals surface area contributed by atoms with Crippen molar-refractivity contribution in [3.05, 3.63) is 28.9 Å². The molecule has 1 aromatic carbocycles. The smallest absolute Gasteiger partial charge is 0.353 e. The van der Waals surface area contributed by atoms with Crippen molar-refractivity contribution in [2.24, 2.45) is 0 Å². The first-order valence-corrected chi connectivity index (χ1v) is 5.92. The number of fused-ring (bicyclic) bond motifs is 1. The van der Waals surface area contributed by atoms with Crippen molar-refractivity contribution in [3.8, 4) is 22.8 Å². The summed E-state index contributed by atoms with van der Waals surface area (Å²) in [5.74, 6) is -0.0355. The van der Waals surface area contributed by atoms with Crippen molar-refractivity contribution >= 4 is 17.6 Å². The highest BCUT2D eigenvalue weighted by atomic mass is 35.5. The monoisotopic (exact) mass is 280 g/mol. The van der Waals surface area contributed by atoms with Crippen LogP contribution < -0.4 is 9.47 Å². The van der Waals surface area contributed by atoms with E-state index < -0.39 is 5.97 Å². The van der Waals surface area contributed by atoms with Gasteiger partial charge in [-0.05, 0) is 18.2 Å². The maximum absolute atomic E-state index is 10.8. The number of H-pyrrole nitrogens is 1. The molecule has 0 saturated heterocycles. The lowest BCUT2D eigenvalue weighted by Gasteiger charge is -2.20. The minimum atomic E-state index is -1.08. The van der Waals surface area contributed by atoms with Gasteiger partial charge in [0.05, 0.1) is 10.7 Å². The molecular formula is C12H9ClN2O4. The van der Waals surface area contributed by atoms with Gasteiger partial charge in [-0.3, -0.25) is 5.10 Å². The quantitative estimate of drug-likeness (QED) is 0.881. The summed E-state index contributed by atoms with van der Waals surface area (Å²) in [6, 6.07) is 4.86. The van der Waals surface area contributed by atoms with E-state index in [0.29, 0.717) is 41.0 Å². The fourth-order valence-electron chi connectivity index (χ4n) is 1.85. The van der Waals surface area contributed by atoms with Crippen LogP contribution in [-0.4, -0.2) is 34.5 Å². The van der Waals surface area contributed by atoms with Gasteiger partial charge in [0.1, 0.15) is 18.9 Å². The van der Waals surface area contributed by atoms with Gasteiger partial charge in [0.25, 0.3) is 0 Å². The van der Waals surface area contributed by atoms with Crippen LogP contribution >= 0.6 is 11.6 Å². The summed E-state index contributed by atoms with van der Waals surface area (Å²) in [5, 5.41) is 15.6. The van der Waals surface area contributed by atoms with Gasteiger partial charge in [0.15, 0.2) is 11.5 Å². The van der Waals surface area contributed by atoms with Gasteiger partial charge in [-0.15, -0.1) is 0 Å². The summed E-state index contributed by atoms with van der Waals surface area (Å²) in [5.41, 5.74) is 1.04. The van der Waals surface area contributed by atoms with E-state index in [1.165, 1.54) is 6.07 Å². The highest BCUT2D eigenvalue weighted by molar-refractivity contribution is 6.35. The molecule has 0 spiro atoms. The second-order valence-electron chi connectivity index (χ2n) is 3.92. The molecule has 3 rings (SSSR count). The number of rotatable bonds is 2. The van der Waals surface area contributed by atoms with Crippen LogP contribution in [0.2, 0.25) is 5.02 Å². The van der Waals surface area contributed by atoms with Gasteiger partial charge in [-0.2, -0.15) is 5.10 Å². The summed E-state index contributed by atoms with van der Waals surface area (Å²) < 4.78 is 10.9. The van der Waals surface area contributed by atoms with Crippen LogP contribution in [0.1, 0.15) is 10.5 Å². The summed E-state index contributed by atoms with van der Waals surface area (Å²) in [4.78, 5) is 10.8. The van der Waals surface area contributed by atoms with Gasteiger partial charge < -0.3 is 14.6 Å². The number of halogens is 1. The van der Waals surface area contributed by atoms with Gasteiger partial charge in [-0.1, -0.05) is 11.6 Å². The normalized spacial score (nSPS) is 13.3. The second-order valence-corrected chi connectivity index (χ2v) is 4.30. The molecule has 2 aromatic rings. The predicted molar refractivity (Wildman–Crippen MR) is 67.0 cm³/mol. The molecule has 0 radical (unpaired) electrons. The number of nitrogens with one attached hydrogen (secondary N) is 1. The SMILES string of the molecule is O=C(O)c1cc(-c2ccc3c(c2Cl)OCCO3)n[nH]1. The maximum atomic E-state index is 10.8. The highest BCUT2D eigenvalue weighted by Crippen LogP contribution is 2.42. The fraction of sp³-hybridized carbons (Fsp3) is 0.167. The number of hydrogen-bond acceptors (Lipinski definition) is 4. The topological polar surface area (TPSA) is 84.4 Å². The van der Waals surface area contributed by atoms with Crippen LogP contribution in [0.15, 0.2) is 18.2 Å². The number of benzene rings is 1. The third kappa shape index (κ3) is 2.00. The van der Waals surface area contributed by atoms with Crippen molar-refractivity contribution < 1.29 is 19.4 Å². The first-order chi connectivity index (χ1) is 9.16. The van der Waals surface area contributed by atoms with Crippen molar-refractivity contribution in [2.45, 2.75) is 0 Å². The second kappa shape index (κ2) is 4.47. The Morgan fingerprint density at radius 1 is 1.37 bits per heavy atom. The van der Waals surface area contributed by atoms with E-state index in [1.54, 1.807) is 12.1 Å². The number of aromatic amines is 1. The molecule has 0 bridgehead atoms. The van der Waals surface area contributed by atoms with Crippen LogP contribution in [0.5, 0.6) is 11.5 Å². The molecule has 98 valence electrons. The minimum Gasteiger partial charge on any atom is -0.486 e. The van der Waals surface area contributed by atoms with E-state index in [1.807, 2.05) is 0 Å². The summed E-state index contributed by atoms with van der Waals surface area (Å²) in [6.07, 6.45) is 0. The fourth-order valence-corrected chi connectivity index (χ4v) is 2.16. The first-order valence-electron chi connectivity index (χ1n) is 5.54. The van der Waals surface area contributed by atoms with Gasteiger partial charge in [-0.25, -0.2) is 4.79 Å². The molecule has 2 heterocycles. The molecule has 0 saturated carbocycles. The Kier molecular flexibility index (Phi) is 2.79. The average molecular weight is 281 g/mol. The lowest BCUT2D eigenvalue weighted by Crippen LogP contribution is -2.15. The van der Waals surface area contributed by atoms with Crippen LogP contribution in [0.25, 0.3) is 11.3 Å². The molecule has 7 heteroatoms. The Labute approximate surface area is 112 Å². The Balaban J connectivity index is 2.07. The van der Waals surface area contributed by atoms with Gasteiger partial charge in [0.2, 0.25) is 0 Å². The lowest BCUT2D eigenvalue weighted by atomic mass is 10.1. The highest BCUT2D eigenvalue weighted by Gasteiger charge is 2.20. The Morgan fingerprint density at radius 3 is 2.89 bits per heavy atom. The zero-order valence-corrected chi connectivity index (χ0v) is 10.4. The van der Waals surface area contributed by atoms with Gasteiger partial charge >= 0.3 is 5.97 Å². The number of hydrogen-bond donors (Lipinski definition) is 2. The van der Waals surface area contributed by atoms with E-state index in [2.05, 4.69) is 10.2 Å². The summed E-state index contributed by atoms with van der Waals surface area (Å²) in [6.45, 7) is 0.908. The molecule has 0 amide bonds. The first kappa shape index (κ1) is 11.9. The van der Waals surface area contributed by atoms with Crippen molar-refractivity contribution in [1.82, 2.24) is 10.2 Å². The maximum Gasteiger partial charge on any atom is 0.353 e. The van der Waals surface area contributed by atoms with E-state index in [-0.39, 0.29) is 5.69 Å². The van der Waals surface area contributed by atoms with E-state index in [4.69, 9.17) is 26.2 Å². The van der Waals surface area contributed by atoms with E-state index in [9.17, 15) is 4.79 Å².